The SMILES string of the molecule is O=C(Nc1ccccc1-c1cccs1)c1cccc(-c2ccc(O)cc2O)c1. The highest BCUT2D eigenvalue weighted by molar-refractivity contribution is 7.13. The Morgan fingerprint density at radius 1 is 0.821 bits per heavy atom. The van der Waals surface area contributed by atoms with E-state index in [-0.39, 0.29) is 17.4 Å². The van der Waals surface area contributed by atoms with Gasteiger partial charge in [0.05, 0.1) is 0 Å². The second kappa shape index (κ2) is 7.58. The number of phenols is 2. The van der Waals surface area contributed by atoms with Gasteiger partial charge in [-0.3, -0.25) is 4.79 Å². The number of anilines is 1. The smallest absolute Gasteiger partial charge is 0.255 e. The molecule has 0 fully saturated rings. The van der Waals surface area contributed by atoms with Crippen molar-refractivity contribution < 1.29 is 15.0 Å². The Morgan fingerprint density at radius 2 is 1.68 bits per heavy atom. The number of rotatable bonds is 4. The van der Waals surface area contributed by atoms with Gasteiger partial charge in [-0.1, -0.05) is 36.4 Å². The summed E-state index contributed by atoms with van der Waals surface area (Å²) in [5, 5.41) is 24.5. The third-order valence-electron chi connectivity index (χ3n) is 4.38. The fourth-order valence-corrected chi connectivity index (χ4v) is 3.79. The largest absolute Gasteiger partial charge is 0.508 e. The molecular formula is C23H17NO3S. The van der Waals surface area contributed by atoms with Crippen LogP contribution in [0.4, 0.5) is 5.69 Å². The predicted molar refractivity (Wildman–Crippen MR) is 113 cm³/mol. The first-order valence-corrected chi connectivity index (χ1v) is 9.56. The normalized spacial score (nSPS) is 10.6. The minimum atomic E-state index is -0.232. The summed E-state index contributed by atoms with van der Waals surface area (Å²) in [6, 6.07) is 23.1. The van der Waals surface area contributed by atoms with Crippen LogP contribution in [0.5, 0.6) is 11.5 Å². The third-order valence-corrected chi connectivity index (χ3v) is 5.28. The van der Waals surface area contributed by atoms with Crippen LogP contribution in [0.15, 0.2) is 84.2 Å². The van der Waals surface area contributed by atoms with Crippen molar-refractivity contribution in [3.05, 3.63) is 89.8 Å². The molecule has 0 saturated carbocycles. The molecule has 28 heavy (non-hydrogen) atoms. The van der Waals surface area contributed by atoms with Crippen LogP contribution < -0.4 is 5.32 Å². The van der Waals surface area contributed by atoms with Gasteiger partial charge in [-0.25, -0.2) is 0 Å². The summed E-state index contributed by atoms with van der Waals surface area (Å²) in [5.41, 5.74) is 3.43. The van der Waals surface area contributed by atoms with Crippen molar-refractivity contribution in [2.24, 2.45) is 0 Å². The van der Waals surface area contributed by atoms with Gasteiger partial charge in [0.1, 0.15) is 11.5 Å². The van der Waals surface area contributed by atoms with E-state index < -0.39 is 0 Å². The zero-order valence-electron chi connectivity index (χ0n) is 14.8. The topological polar surface area (TPSA) is 69.6 Å². The van der Waals surface area contributed by atoms with Gasteiger partial charge in [0.15, 0.2) is 0 Å². The summed E-state index contributed by atoms with van der Waals surface area (Å²) in [6.45, 7) is 0. The van der Waals surface area contributed by atoms with E-state index in [9.17, 15) is 15.0 Å². The fraction of sp³-hybridized carbons (Fsp3) is 0. The molecule has 1 aromatic heterocycles. The quantitative estimate of drug-likeness (QED) is 0.418. The van der Waals surface area contributed by atoms with Crippen molar-refractivity contribution in [1.82, 2.24) is 0 Å². The van der Waals surface area contributed by atoms with Gasteiger partial charge in [-0.05, 0) is 47.3 Å². The molecule has 0 aliphatic heterocycles. The highest BCUT2D eigenvalue weighted by Gasteiger charge is 2.13. The number of phenolic OH excluding ortho intramolecular Hbond substituents is 2. The van der Waals surface area contributed by atoms with Gasteiger partial charge in [0.25, 0.3) is 5.91 Å². The molecule has 0 aliphatic carbocycles. The number of nitrogens with one attached hydrogen (secondary N) is 1. The molecule has 0 radical (unpaired) electrons. The summed E-state index contributed by atoms with van der Waals surface area (Å²) in [7, 11) is 0. The first kappa shape index (κ1) is 17.8. The lowest BCUT2D eigenvalue weighted by molar-refractivity contribution is 0.102. The van der Waals surface area contributed by atoms with Gasteiger partial charge in [0.2, 0.25) is 0 Å². The number of hydrogen-bond acceptors (Lipinski definition) is 4. The highest BCUT2D eigenvalue weighted by atomic mass is 32.1. The van der Waals surface area contributed by atoms with Crippen LogP contribution in [0.2, 0.25) is 0 Å². The molecule has 5 heteroatoms. The molecule has 4 nitrogen and oxygen atoms in total. The molecule has 0 spiro atoms. The van der Waals surface area contributed by atoms with Crippen molar-refractivity contribution in [2.75, 3.05) is 5.32 Å². The molecule has 0 unspecified atom stereocenters. The molecule has 0 atom stereocenters. The predicted octanol–water partition coefficient (Wildman–Crippen LogP) is 5.75. The van der Waals surface area contributed by atoms with Crippen molar-refractivity contribution in [1.29, 1.82) is 0 Å². The maximum Gasteiger partial charge on any atom is 0.255 e. The fourth-order valence-electron chi connectivity index (χ4n) is 3.03. The molecular weight excluding hydrogens is 370 g/mol. The lowest BCUT2D eigenvalue weighted by Crippen LogP contribution is -2.12. The minimum Gasteiger partial charge on any atom is -0.508 e. The van der Waals surface area contributed by atoms with E-state index in [2.05, 4.69) is 5.32 Å². The van der Waals surface area contributed by atoms with E-state index in [1.165, 1.54) is 12.1 Å². The summed E-state index contributed by atoms with van der Waals surface area (Å²) in [4.78, 5) is 13.9. The van der Waals surface area contributed by atoms with Crippen molar-refractivity contribution in [2.45, 2.75) is 0 Å². The van der Waals surface area contributed by atoms with Gasteiger partial charge < -0.3 is 15.5 Å². The second-order valence-corrected chi connectivity index (χ2v) is 7.21. The summed E-state index contributed by atoms with van der Waals surface area (Å²) in [6.07, 6.45) is 0. The number of carbonyl (C=O) groups is 1. The zero-order chi connectivity index (χ0) is 19.5. The van der Waals surface area contributed by atoms with Crippen LogP contribution in [0, 0.1) is 0 Å². The van der Waals surface area contributed by atoms with E-state index >= 15 is 0 Å². The minimum absolute atomic E-state index is 0.0136. The molecule has 1 amide bonds. The number of aromatic hydroxyl groups is 2. The monoisotopic (exact) mass is 387 g/mol. The summed E-state index contributed by atoms with van der Waals surface area (Å²) >= 11 is 1.62. The standard InChI is InChI=1S/C23H17NO3S/c25-17-10-11-18(21(26)14-17)15-5-3-6-16(13-15)23(27)24-20-8-2-1-7-19(20)22-9-4-12-28-22/h1-14,25-26H,(H,24,27). The Hall–Kier alpha value is -3.57. The van der Waals surface area contributed by atoms with Gasteiger partial charge in [-0.2, -0.15) is 0 Å². The van der Waals surface area contributed by atoms with Crippen molar-refractivity contribution >= 4 is 22.9 Å². The maximum absolute atomic E-state index is 12.8. The van der Waals surface area contributed by atoms with Crippen LogP contribution in [-0.2, 0) is 0 Å². The lowest BCUT2D eigenvalue weighted by atomic mass is 10.0. The Kier molecular flexibility index (Phi) is 4.83. The number of para-hydroxylation sites is 1. The lowest BCUT2D eigenvalue weighted by Gasteiger charge is -2.11. The average Bonchev–Trinajstić information content (AvgIpc) is 3.23. The maximum atomic E-state index is 12.8. The summed E-state index contributed by atoms with van der Waals surface area (Å²) < 4.78 is 0. The van der Waals surface area contributed by atoms with Crippen LogP contribution in [0.25, 0.3) is 21.6 Å². The van der Waals surface area contributed by atoms with Gasteiger partial charge in [-0.15, -0.1) is 11.3 Å². The van der Waals surface area contributed by atoms with Crippen LogP contribution >= 0.6 is 11.3 Å². The van der Waals surface area contributed by atoms with Crippen molar-refractivity contribution in [3.63, 3.8) is 0 Å². The van der Waals surface area contributed by atoms with E-state index in [0.29, 0.717) is 16.7 Å². The molecule has 0 aliphatic rings. The van der Waals surface area contributed by atoms with Crippen LogP contribution in [0.3, 0.4) is 0 Å². The molecule has 4 rings (SSSR count). The Balaban J connectivity index is 1.64. The Bertz CT molecular complexity index is 1140. The van der Waals surface area contributed by atoms with Crippen molar-refractivity contribution in [3.8, 4) is 33.1 Å². The molecule has 0 saturated heterocycles. The molecule has 1 heterocycles. The molecule has 3 aromatic carbocycles. The Labute approximate surface area is 166 Å². The first-order chi connectivity index (χ1) is 13.6. The molecule has 138 valence electrons. The van der Waals surface area contributed by atoms with Crippen LogP contribution in [-0.4, -0.2) is 16.1 Å². The second-order valence-electron chi connectivity index (χ2n) is 6.26. The van der Waals surface area contributed by atoms with Crippen LogP contribution in [0.1, 0.15) is 10.4 Å². The summed E-state index contributed by atoms with van der Waals surface area (Å²) in [5.74, 6) is -0.287. The van der Waals surface area contributed by atoms with E-state index in [1.807, 2.05) is 47.8 Å². The number of thiophene rings is 1. The molecule has 4 aromatic rings. The number of benzene rings is 3. The van der Waals surface area contributed by atoms with E-state index in [0.717, 1.165) is 16.1 Å². The average molecular weight is 387 g/mol. The Morgan fingerprint density at radius 3 is 2.46 bits per heavy atom. The number of hydrogen-bond donors (Lipinski definition) is 3. The number of amides is 1. The van der Waals surface area contributed by atoms with E-state index in [4.69, 9.17) is 0 Å². The zero-order valence-corrected chi connectivity index (χ0v) is 15.6. The van der Waals surface area contributed by atoms with E-state index in [1.54, 1.807) is 35.6 Å². The van der Waals surface area contributed by atoms with Gasteiger partial charge in [0, 0.05) is 33.3 Å². The molecule has 0 bridgehead atoms. The van der Waals surface area contributed by atoms with Gasteiger partial charge >= 0.3 is 0 Å². The highest BCUT2D eigenvalue weighted by Crippen LogP contribution is 2.33. The first-order valence-electron chi connectivity index (χ1n) is 8.68. The number of carbonyl (C=O) groups excluding carboxylic acids is 1. The molecule has 3 N–H and O–H groups in total. The third kappa shape index (κ3) is 3.61.